The first-order valence-corrected chi connectivity index (χ1v) is 6.05. The predicted molar refractivity (Wildman–Crippen MR) is 53.0 cm³/mol. The van der Waals surface area contributed by atoms with Crippen LogP contribution in [-0.4, -0.2) is 13.4 Å². The number of sulfonamides is 1. The Bertz CT molecular complexity index is 490. The Morgan fingerprint density at radius 2 is 2.07 bits per heavy atom. The van der Waals surface area contributed by atoms with Crippen molar-refractivity contribution in [3.8, 4) is 0 Å². The molecule has 0 amide bonds. The number of pyridine rings is 1. The molecule has 0 aliphatic rings. The van der Waals surface area contributed by atoms with Crippen molar-refractivity contribution in [1.82, 2.24) is 4.98 Å². The molecule has 1 aromatic heterocycles. The number of nitrogens with zero attached hydrogens (tertiary/aromatic N) is 1. The molecule has 0 bridgehead atoms. The molecule has 0 spiro atoms. The molecule has 0 unspecified atom stereocenters. The van der Waals surface area contributed by atoms with Crippen LogP contribution < -0.4 is 5.14 Å². The van der Waals surface area contributed by atoms with Gasteiger partial charge in [-0.3, -0.25) is 0 Å². The second-order valence-corrected chi connectivity index (χ2v) is 5.06. The van der Waals surface area contributed by atoms with Crippen LogP contribution in [-0.2, 0) is 10.0 Å². The van der Waals surface area contributed by atoms with Gasteiger partial charge in [-0.05, 0) is 34.5 Å². The molecule has 0 atom stereocenters. The first-order chi connectivity index (χ1) is 6.73. The van der Waals surface area contributed by atoms with Gasteiger partial charge in [-0.15, -0.1) is 0 Å². The molecule has 4 nitrogen and oxygen atoms in total. The molecule has 0 saturated carbocycles. The van der Waals surface area contributed by atoms with E-state index in [1.807, 2.05) is 0 Å². The van der Waals surface area contributed by atoms with Crippen molar-refractivity contribution < 1.29 is 17.2 Å². The zero-order chi connectivity index (χ0) is 11.8. The lowest BCUT2D eigenvalue weighted by atomic mass is 10.2. The summed E-state index contributed by atoms with van der Waals surface area (Å²) in [6, 6.07) is 1.04. The summed E-state index contributed by atoms with van der Waals surface area (Å²) in [5.74, 6) is 0. The van der Waals surface area contributed by atoms with Crippen LogP contribution in [0.25, 0.3) is 0 Å². The fraction of sp³-hybridized carbons (Fsp3) is 0.286. The molecule has 84 valence electrons. The molecule has 0 saturated heterocycles. The number of aromatic nitrogens is 1. The van der Waals surface area contributed by atoms with E-state index in [4.69, 9.17) is 5.14 Å². The Labute approximate surface area is 93.7 Å². The number of hydrogen-bond donors (Lipinski definition) is 1. The lowest BCUT2D eigenvalue weighted by molar-refractivity contribution is 0.147. The van der Waals surface area contributed by atoms with Crippen molar-refractivity contribution in [3.05, 3.63) is 21.8 Å². The summed E-state index contributed by atoms with van der Waals surface area (Å²) in [6.45, 7) is 1.52. The Hall–Kier alpha value is -0.600. The topological polar surface area (TPSA) is 73.1 Å². The lowest BCUT2D eigenvalue weighted by Gasteiger charge is -2.08. The highest BCUT2D eigenvalue weighted by atomic mass is 79.9. The van der Waals surface area contributed by atoms with Gasteiger partial charge in [0.2, 0.25) is 0 Å². The zero-order valence-corrected chi connectivity index (χ0v) is 9.94. The fourth-order valence-electron chi connectivity index (χ4n) is 0.981. The van der Waals surface area contributed by atoms with Crippen LogP contribution in [0.1, 0.15) is 17.6 Å². The number of nitrogens with two attached hydrogens (primary N) is 1. The second-order valence-electron chi connectivity index (χ2n) is 2.84. The van der Waals surface area contributed by atoms with E-state index >= 15 is 0 Å². The van der Waals surface area contributed by atoms with E-state index in [0.29, 0.717) is 5.56 Å². The van der Waals surface area contributed by atoms with Crippen molar-refractivity contribution in [2.24, 2.45) is 5.14 Å². The summed E-state index contributed by atoms with van der Waals surface area (Å²) in [5.41, 5.74) is -0.268. The smallest absolute Gasteiger partial charge is 0.227 e. The summed E-state index contributed by atoms with van der Waals surface area (Å²) in [7, 11) is -4.24. The molecular weight excluding hydrogens is 294 g/mol. The molecule has 1 aromatic rings. The van der Waals surface area contributed by atoms with Crippen LogP contribution in [0, 0.1) is 6.92 Å². The van der Waals surface area contributed by atoms with Gasteiger partial charge < -0.3 is 0 Å². The van der Waals surface area contributed by atoms with Gasteiger partial charge in [0, 0.05) is 0 Å². The first kappa shape index (κ1) is 12.5. The highest BCUT2D eigenvalue weighted by Crippen LogP contribution is 2.28. The van der Waals surface area contributed by atoms with E-state index < -0.39 is 27.0 Å². The summed E-state index contributed by atoms with van der Waals surface area (Å²) in [4.78, 5) is 3.49. The maximum Gasteiger partial charge on any atom is 0.266 e. The molecule has 15 heavy (non-hydrogen) atoms. The van der Waals surface area contributed by atoms with Crippen LogP contribution >= 0.6 is 15.9 Å². The largest absolute Gasteiger partial charge is 0.266 e. The maximum absolute atomic E-state index is 12.5. The van der Waals surface area contributed by atoms with Crippen LogP contribution in [0.4, 0.5) is 8.78 Å². The van der Waals surface area contributed by atoms with Gasteiger partial charge in [0.25, 0.3) is 16.4 Å². The molecule has 8 heteroatoms. The Kier molecular flexibility index (Phi) is 3.41. The van der Waals surface area contributed by atoms with Gasteiger partial charge in [0.1, 0.15) is 4.60 Å². The summed E-state index contributed by atoms with van der Waals surface area (Å²) < 4.78 is 47.1. The van der Waals surface area contributed by atoms with E-state index in [0.717, 1.165) is 6.07 Å². The van der Waals surface area contributed by atoms with Crippen LogP contribution in [0.5, 0.6) is 0 Å². The lowest BCUT2D eigenvalue weighted by Crippen LogP contribution is -2.17. The first-order valence-electron chi connectivity index (χ1n) is 3.71. The highest BCUT2D eigenvalue weighted by Gasteiger charge is 2.23. The number of rotatable bonds is 2. The third-order valence-corrected chi connectivity index (χ3v) is 3.32. The summed E-state index contributed by atoms with van der Waals surface area (Å²) >= 11 is 2.95. The third-order valence-electron chi connectivity index (χ3n) is 1.65. The second kappa shape index (κ2) is 4.11. The van der Waals surface area contributed by atoms with Crippen LogP contribution in [0.15, 0.2) is 15.7 Å². The van der Waals surface area contributed by atoms with E-state index in [-0.39, 0.29) is 4.60 Å². The van der Waals surface area contributed by atoms with Gasteiger partial charge in [0.05, 0.1) is 5.56 Å². The maximum atomic E-state index is 12.5. The van der Waals surface area contributed by atoms with Crippen LogP contribution in [0.3, 0.4) is 0 Å². The molecule has 0 aliphatic carbocycles. The van der Waals surface area contributed by atoms with E-state index in [9.17, 15) is 17.2 Å². The average molecular weight is 301 g/mol. The Morgan fingerprint density at radius 1 is 1.53 bits per heavy atom. The monoisotopic (exact) mass is 300 g/mol. The van der Waals surface area contributed by atoms with Crippen molar-refractivity contribution in [3.63, 3.8) is 0 Å². The van der Waals surface area contributed by atoms with Gasteiger partial charge in [-0.2, -0.15) is 0 Å². The van der Waals surface area contributed by atoms with E-state index in [1.165, 1.54) is 6.92 Å². The molecule has 1 rings (SSSR count). The highest BCUT2D eigenvalue weighted by molar-refractivity contribution is 9.10. The minimum Gasteiger partial charge on any atom is -0.227 e. The molecular formula is C7H7BrF2N2O2S. The predicted octanol–water partition coefficient (Wildman–Crippen LogP) is 1.74. The van der Waals surface area contributed by atoms with Crippen LogP contribution in [0.2, 0.25) is 0 Å². The average Bonchev–Trinajstić information content (AvgIpc) is 2.06. The minimum absolute atomic E-state index is 0.177. The molecule has 0 aromatic carbocycles. The SMILES string of the molecule is Cc1cc(C(F)F)c(S(N)(=O)=O)nc1Br. The molecule has 0 aliphatic heterocycles. The minimum atomic E-state index is -4.24. The zero-order valence-electron chi connectivity index (χ0n) is 7.54. The van der Waals surface area contributed by atoms with E-state index in [1.54, 1.807) is 0 Å². The molecule has 0 fully saturated rings. The Balaban J connectivity index is 3.56. The number of halogens is 3. The Morgan fingerprint density at radius 3 is 2.47 bits per heavy atom. The molecule has 0 radical (unpaired) electrons. The van der Waals surface area contributed by atoms with Crippen molar-refractivity contribution in [2.45, 2.75) is 18.4 Å². The number of alkyl halides is 2. The number of primary sulfonamides is 1. The molecule has 1 heterocycles. The van der Waals surface area contributed by atoms with Gasteiger partial charge in [0.15, 0.2) is 5.03 Å². The van der Waals surface area contributed by atoms with Crippen molar-refractivity contribution in [1.29, 1.82) is 0 Å². The molecule has 2 N–H and O–H groups in total. The standard InChI is InChI=1S/C7H7BrF2N2O2S/c1-3-2-4(6(9)10)7(12-5(3)8)15(11,13)14/h2,6H,1H3,(H2,11,13,14). The normalized spacial score (nSPS) is 12.1. The number of aryl methyl sites for hydroxylation is 1. The van der Waals surface area contributed by atoms with Gasteiger partial charge in [-0.25, -0.2) is 27.3 Å². The fourth-order valence-corrected chi connectivity index (χ4v) is 2.08. The summed E-state index contributed by atoms with van der Waals surface area (Å²) in [6.07, 6.45) is -2.93. The third kappa shape index (κ3) is 2.70. The van der Waals surface area contributed by atoms with Crippen molar-refractivity contribution >= 4 is 26.0 Å². The number of hydrogen-bond acceptors (Lipinski definition) is 3. The van der Waals surface area contributed by atoms with Crippen molar-refractivity contribution in [2.75, 3.05) is 0 Å². The summed E-state index contributed by atoms with van der Waals surface area (Å²) in [5, 5.41) is 3.97. The van der Waals surface area contributed by atoms with Gasteiger partial charge >= 0.3 is 0 Å². The van der Waals surface area contributed by atoms with Gasteiger partial charge in [-0.1, -0.05) is 0 Å². The quantitative estimate of drug-likeness (QED) is 0.846. The van der Waals surface area contributed by atoms with E-state index in [2.05, 4.69) is 20.9 Å².